The van der Waals surface area contributed by atoms with Gasteiger partial charge in [-0.1, -0.05) is 51.9 Å². The van der Waals surface area contributed by atoms with E-state index < -0.39 is 0 Å². The minimum Gasteiger partial charge on any atom is -0.396 e. The molecule has 0 spiro atoms. The van der Waals surface area contributed by atoms with Crippen LogP contribution in [0.25, 0.3) is 0 Å². The summed E-state index contributed by atoms with van der Waals surface area (Å²) in [6, 6.07) is 0. The maximum Gasteiger partial charge on any atom is 0.231 e. The summed E-state index contributed by atoms with van der Waals surface area (Å²) in [4.78, 5) is 8.35. The first kappa shape index (κ1) is 15.8. The molecule has 14 heavy (non-hydrogen) atoms. The molecular formula is C11H23NO2. The number of rotatable bonds is 8. The van der Waals surface area contributed by atoms with Crippen molar-refractivity contribution in [3.63, 3.8) is 0 Å². The lowest BCUT2D eigenvalue weighted by Crippen LogP contribution is -1.83. The monoisotopic (exact) mass is 201 g/mol. The van der Waals surface area contributed by atoms with E-state index in [2.05, 4.69) is 6.92 Å². The Balaban J connectivity index is 0. The molecule has 3 nitrogen and oxygen atoms in total. The predicted molar refractivity (Wildman–Crippen MR) is 58.1 cm³/mol. The zero-order chi connectivity index (χ0) is 11.1. The summed E-state index contributed by atoms with van der Waals surface area (Å²) < 4.78 is 0. The summed E-state index contributed by atoms with van der Waals surface area (Å²) in [6.45, 7) is 2.61. The first-order chi connectivity index (χ1) is 6.83. The second kappa shape index (κ2) is 18.2. The highest BCUT2D eigenvalue weighted by Crippen LogP contribution is 2.07. The third-order valence-electron chi connectivity index (χ3n) is 2.01. The summed E-state index contributed by atoms with van der Waals surface area (Å²) in [5.41, 5.74) is 0. The number of aliphatic hydroxyl groups excluding tert-OH is 1. The summed E-state index contributed by atoms with van der Waals surface area (Å²) in [7, 11) is 0. The Morgan fingerprint density at radius 3 is 1.71 bits per heavy atom. The Morgan fingerprint density at radius 1 is 1.00 bits per heavy atom. The highest BCUT2D eigenvalue weighted by atomic mass is 16.2. The van der Waals surface area contributed by atoms with Crippen molar-refractivity contribution in [3.05, 3.63) is 0 Å². The van der Waals surface area contributed by atoms with Crippen molar-refractivity contribution in [3.8, 4) is 0 Å². The molecule has 0 aliphatic carbocycles. The van der Waals surface area contributed by atoms with Gasteiger partial charge in [-0.05, 0) is 6.42 Å². The molecule has 0 atom stereocenters. The Morgan fingerprint density at radius 2 is 1.36 bits per heavy atom. The molecule has 0 aromatic heterocycles. The van der Waals surface area contributed by atoms with Gasteiger partial charge in [0.2, 0.25) is 6.08 Å². The average molecular weight is 201 g/mol. The van der Waals surface area contributed by atoms with E-state index in [4.69, 9.17) is 15.3 Å². The van der Waals surface area contributed by atoms with Crippen LogP contribution in [0.4, 0.5) is 0 Å². The van der Waals surface area contributed by atoms with E-state index >= 15 is 0 Å². The van der Waals surface area contributed by atoms with Gasteiger partial charge in [-0.15, -0.1) is 0 Å². The van der Waals surface area contributed by atoms with Crippen LogP contribution in [0.5, 0.6) is 0 Å². The van der Waals surface area contributed by atoms with Crippen molar-refractivity contribution in [1.29, 1.82) is 5.41 Å². The molecule has 3 heteroatoms. The molecule has 0 aliphatic heterocycles. The van der Waals surface area contributed by atoms with Gasteiger partial charge in [0.05, 0.1) is 0 Å². The van der Waals surface area contributed by atoms with Gasteiger partial charge in [0, 0.05) is 6.61 Å². The van der Waals surface area contributed by atoms with Gasteiger partial charge in [-0.2, -0.15) is 0 Å². The van der Waals surface area contributed by atoms with Crippen molar-refractivity contribution in [2.45, 2.75) is 58.3 Å². The maximum atomic E-state index is 8.51. The van der Waals surface area contributed by atoms with E-state index in [1.165, 1.54) is 44.9 Å². The minimum absolute atomic E-state index is 0.370. The van der Waals surface area contributed by atoms with Crippen LogP contribution in [0, 0.1) is 5.41 Å². The Bertz CT molecular complexity index is 112. The Labute approximate surface area is 87.0 Å². The highest BCUT2D eigenvalue weighted by molar-refractivity contribution is 5.26. The molecule has 0 saturated carbocycles. The van der Waals surface area contributed by atoms with Crippen molar-refractivity contribution < 1.29 is 9.90 Å². The number of unbranched alkanes of at least 4 members (excludes halogenated alkanes) is 7. The minimum atomic E-state index is 0.370. The number of carbonyl (C=O) groups excluding carboxylic acids is 1. The van der Waals surface area contributed by atoms with Crippen LogP contribution in [0.3, 0.4) is 0 Å². The molecule has 0 aromatic carbocycles. The number of hydrogen-bond acceptors (Lipinski definition) is 3. The lowest BCUT2D eigenvalue weighted by molar-refractivity contribution is 0.282. The quantitative estimate of drug-likeness (QED) is 0.360. The fourth-order valence-corrected chi connectivity index (χ4v) is 1.25. The van der Waals surface area contributed by atoms with Gasteiger partial charge in [0.15, 0.2) is 0 Å². The molecule has 0 unspecified atom stereocenters. The molecule has 0 aromatic rings. The third-order valence-corrected chi connectivity index (χ3v) is 2.01. The number of isocyanates is 1. The van der Waals surface area contributed by atoms with Crippen LogP contribution in [0.1, 0.15) is 58.3 Å². The standard InChI is InChI=1S/C10H22O.CHNO/c1-2-3-4-5-6-7-8-9-10-11;2-1-3/h11H,2-10H2,1H3;2H. The van der Waals surface area contributed by atoms with Crippen LogP contribution >= 0.6 is 0 Å². The van der Waals surface area contributed by atoms with E-state index in [0.29, 0.717) is 6.61 Å². The first-order valence-corrected chi connectivity index (χ1v) is 5.48. The van der Waals surface area contributed by atoms with Crippen LogP contribution in [0.2, 0.25) is 0 Å². The molecular weight excluding hydrogens is 178 g/mol. The molecule has 0 aliphatic rings. The maximum absolute atomic E-state index is 8.51. The summed E-state index contributed by atoms with van der Waals surface area (Å²) in [6.07, 6.45) is 11.1. The zero-order valence-corrected chi connectivity index (χ0v) is 9.22. The smallest absolute Gasteiger partial charge is 0.231 e. The topological polar surface area (TPSA) is 61.1 Å². The molecule has 0 heterocycles. The van der Waals surface area contributed by atoms with Crippen molar-refractivity contribution in [2.24, 2.45) is 0 Å². The Hall–Kier alpha value is -0.660. The summed E-state index contributed by atoms with van der Waals surface area (Å²) in [5.74, 6) is 0. The molecule has 84 valence electrons. The highest BCUT2D eigenvalue weighted by Gasteiger charge is 1.89. The number of nitrogens with one attached hydrogen (secondary N) is 1. The SMILES string of the molecule is CCCCCCCCCCO.N=C=O. The number of hydrogen-bond donors (Lipinski definition) is 2. The van der Waals surface area contributed by atoms with E-state index in [9.17, 15) is 0 Å². The Kier molecular flexibility index (Phi) is 20.5. The molecule has 0 radical (unpaired) electrons. The molecule has 0 saturated heterocycles. The fraction of sp³-hybridized carbons (Fsp3) is 0.909. The zero-order valence-electron chi connectivity index (χ0n) is 9.22. The second-order valence-electron chi connectivity index (χ2n) is 3.30. The molecule has 0 fully saturated rings. The van der Waals surface area contributed by atoms with Crippen molar-refractivity contribution in [1.82, 2.24) is 0 Å². The van der Waals surface area contributed by atoms with E-state index in [-0.39, 0.29) is 0 Å². The average Bonchev–Trinajstić information content (AvgIpc) is 2.18. The van der Waals surface area contributed by atoms with E-state index in [1.54, 1.807) is 0 Å². The van der Waals surface area contributed by atoms with Crippen LogP contribution in [0.15, 0.2) is 0 Å². The lowest BCUT2D eigenvalue weighted by Gasteiger charge is -1.98. The van der Waals surface area contributed by atoms with Gasteiger partial charge in [0.25, 0.3) is 0 Å². The number of aliphatic hydroxyl groups is 1. The van der Waals surface area contributed by atoms with Gasteiger partial charge >= 0.3 is 0 Å². The molecule has 0 bridgehead atoms. The molecule has 2 N–H and O–H groups in total. The van der Waals surface area contributed by atoms with Gasteiger partial charge < -0.3 is 5.11 Å². The molecule has 0 amide bonds. The fourth-order valence-electron chi connectivity index (χ4n) is 1.25. The van der Waals surface area contributed by atoms with Crippen molar-refractivity contribution >= 4 is 6.08 Å². The van der Waals surface area contributed by atoms with Gasteiger partial charge in [0.1, 0.15) is 0 Å². The summed E-state index contributed by atoms with van der Waals surface area (Å²) in [5, 5.41) is 13.9. The normalized spacial score (nSPS) is 8.71. The van der Waals surface area contributed by atoms with Crippen LogP contribution in [-0.2, 0) is 4.79 Å². The van der Waals surface area contributed by atoms with Gasteiger partial charge in [-0.3, -0.25) is 0 Å². The first-order valence-electron chi connectivity index (χ1n) is 5.48. The van der Waals surface area contributed by atoms with Crippen LogP contribution < -0.4 is 0 Å². The van der Waals surface area contributed by atoms with E-state index in [0.717, 1.165) is 12.5 Å². The second-order valence-corrected chi connectivity index (χ2v) is 3.30. The van der Waals surface area contributed by atoms with Crippen molar-refractivity contribution in [2.75, 3.05) is 6.61 Å². The largest absolute Gasteiger partial charge is 0.396 e. The predicted octanol–water partition coefficient (Wildman–Crippen LogP) is 3.02. The summed E-state index contributed by atoms with van der Waals surface area (Å²) >= 11 is 0. The lowest BCUT2D eigenvalue weighted by atomic mass is 10.1. The van der Waals surface area contributed by atoms with Crippen LogP contribution in [-0.4, -0.2) is 17.8 Å². The van der Waals surface area contributed by atoms with E-state index in [1.807, 2.05) is 0 Å². The third kappa shape index (κ3) is 22.5. The van der Waals surface area contributed by atoms with Gasteiger partial charge in [-0.25, -0.2) is 10.2 Å². The molecule has 0 rings (SSSR count).